The number of phenols is 1. The van der Waals surface area contributed by atoms with E-state index >= 15 is 0 Å². The Morgan fingerprint density at radius 3 is 2.71 bits per heavy atom. The molecule has 2 aromatic carbocycles. The van der Waals surface area contributed by atoms with Crippen molar-refractivity contribution in [2.45, 2.75) is 42.9 Å². The zero-order valence-electron chi connectivity index (χ0n) is 18.9. The minimum atomic E-state index is -1.54. The summed E-state index contributed by atoms with van der Waals surface area (Å²) in [5.74, 6) is -0.258. The van der Waals surface area contributed by atoms with E-state index in [0.717, 1.165) is 18.4 Å². The Morgan fingerprint density at radius 1 is 1.34 bits per heavy atom. The summed E-state index contributed by atoms with van der Waals surface area (Å²) >= 11 is 3.47. The molecule has 2 N–H and O–H groups in total. The summed E-state index contributed by atoms with van der Waals surface area (Å²) in [4.78, 5) is 21.1. The molecular weight excluding hydrogens is 537 g/mol. The molecule has 2 heterocycles. The van der Waals surface area contributed by atoms with Crippen LogP contribution in [0.5, 0.6) is 5.75 Å². The number of aromatic nitrogens is 3. The maximum Gasteiger partial charge on any atom is 0.340 e. The van der Waals surface area contributed by atoms with Gasteiger partial charge in [-0.25, -0.2) is 14.2 Å². The molecule has 1 saturated carbocycles. The number of hydrogen-bond acceptors (Lipinski definition) is 5. The number of imidazole rings is 1. The van der Waals surface area contributed by atoms with Gasteiger partial charge in [0.1, 0.15) is 17.4 Å². The lowest BCUT2D eigenvalue weighted by Crippen LogP contribution is -2.12. The van der Waals surface area contributed by atoms with E-state index in [2.05, 4.69) is 30.5 Å². The number of phenolic OH excluding ortho intramolecular Hbond substituents is 1. The Hall–Kier alpha value is -2.98. The van der Waals surface area contributed by atoms with Gasteiger partial charge in [-0.1, -0.05) is 0 Å². The predicted octanol–water partition coefficient (Wildman–Crippen LogP) is 5.38. The zero-order valence-corrected chi connectivity index (χ0v) is 21.3. The van der Waals surface area contributed by atoms with Gasteiger partial charge in [0.05, 0.1) is 38.7 Å². The van der Waals surface area contributed by atoms with Crippen molar-refractivity contribution < 1.29 is 23.2 Å². The SMILES string of the molecule is CCOC(=O)c1c(CS(=O)c2ccc(F)cc2)n(C2CC2)c2cc(Br)c(O)c(Cc3ncc[nH]3)c12. The molecule has 1 unspecified atom stereocenters. The number of benzene rings is 2. The van der Waals surface area contributed by atoms with Crippen LogP contribution < -0.4 is 0 Å². The summed E-state index contributed by atoms with van der Waals surface area (Å²) in [5, 5.41) is 11.6. The van der Waals surface area contributed by atoms with Crippen LogP contribution in [0.15, 0.2) is 52.1 Å². The Balaban J connectivity index is 1.75. The molecule has 35 heavy (non-hydrogen) atoms. The molecule has 0 aliphatic heterocycles. The molecule has 182 valence electrons. The molecule has 1 atom stereocenters. The molecule has 0 bridgehead atoms. The van der Waals surface area contributed by atoms with Gasteiger partial charge < -0.3 is 19.4 Å². The molecule has 0 saturated heterocycles. The molecule has 0 radical (unpaired) electrons. The zero-order chi connectivity index (χ0) is 24.7. The van der Waals surface area contributed by atoms with Crippen molar-refractivity contribution in [2.75, 3.05) is 6.61 Å². The summed E-state index contributed by atoms with van der Waals surface area (Å²) < 4.78 is 34.8. The van der Waals surface area contributed by atoms with Gasteiger partial charge in [-0.3, -0.25) is 4.21 Å². The highest BCUT2D eigenvalue weighted by molar-refractivity contribution is 9.10. The number of nitrogens with zero attached hydrogens (tertiary/aromatic N) is 2. The number of carbonyl (C=O) groups is 1. The maximum absolute atomic E-state index is 13.4. The van der Waals surface area contributed by atoms with Gasteiger partial charge in [0.15, 0.2) is 0 Å². The maximum atomic E-state index is 13.4. The number of H-pyrrole nitrogens is 1. The molecule has 2 aromatic heterocycles. The van der Waals surface area contributed by atoms with Crippen LogP contribution in [0.1, 0.15) is 53.2 Å². The van der Waals surface area contributed by atoms with Gasteiger partial charge in [-0.2, -0.15) is 0 Å². The second-order valence-electron chi connectivity index (χ2n) is 8.38. The van der Waals surface area contributed by atoms with Crippen molar-refractivity contribution in [3.8, 4) is 5.75 Å². The Morgan fingerprint density at radius 2 is 2.09 bits per heavy atom. The minimum Gasteiger partial charge on any atom is -0.506 e. The van der Waals surface area contributed by atoms with E-state index in [1.54, 1.807) is 25.4 Å². The number of ether oxygens (including phenoxy) is 1. The molecular formula is C25H23BrFN3O4S. The predicted molar refractivity (Wildman–Crippen MR) is 133 cm³/mol. The monoisotopic (exact) mass is 559 g/mol. The Bertz CT molecular complexity index is 1430. The summed E-state index contributed by atoms with van der Waals surface area (Å²) in [6.07, 6.45) is 5.43. The van der Waals surface area contributed by atoms with Gasteiger partial charge >= 0.3 is 5.97 Å². The van der Waals surface area contributed by atoms with E-state index < -0.39 is 22.6 Å². The van der Waals surface area contributed by atoms with E-state index in [1.807, 2.05) is 0 Å². The topological polar surface area (TPSA) is 97.2 Å². The van der Waals surface area contributed by atoms with E-state index in [0.29, 0.717) is 37.4 Å². The van der Waals surface area contributed by atoms with Crippen LogP contribution in [0.4, 0.5) is 4.39 Å². The summed E-state index contributed by atoms with van der Waals surface area (Å²) in [6.45, 7) is 1.90. The number of nitrogens with one attached hydrogen (secondary N) is 1. The molecule has 1 fully saturated rings. The highest BCUT2D eigenvalue weighted by Gasteiger charge is 2.35. The van der Waals surface area contributed by atoms with Crippen molar-refractivity contribution in [3.05, 3.63) is 75.7 Å². The molecule has 4 aromatic rings. The summed E-state index contributed by atoms with van der Waals surface area (Å²) in [5.41, 5.74) is 2.17. The fourth-order valence-corrected chi connectivity index (χ4v) is 5.99. The van der Waals surface area contributed by atoms with E-state index in [1.165, 1.54) is 24.3 Å². The highest BCUT2D eigenvalue weighted by Crippen LogP contribution is 2.46. The number of hydrogen-bond donors (Lipinski definition) is 2. The van der Waals surface area contributed by atoms with Gasteiger partial charge in [-0.05, 0) is 66.0 Å². The van der Waals surface area contributed by atoms with Crippen molar-refractivity contribution in [1.29, 1.82) is 0 Å². The highest BCUT2D eigenvalue weighted by atomic mass is 79.9. The third kappa shape index (κ3) is 4.52. The lowest BCUT2D eigenvalue weighted by molar-refractivity contribution is 0.0527. The number of esters is 1. The molecule has 0 amide bonds. The van der Waals surface area contributed by atoms with Crippen LogP contribution in [-0.2, 0) is 27.7 Å². The van der Waals surface area contributed by atoms with Crippen LogP contribution >= 0.6 is 15.9 Å². The lowest BCUT2D eigenvalue weighted by atomic mass is 10.0. The summed E-state index contributed by atoms with van der Waals surface area (Å²) in [6, 6.07) is 7.46. The molecule has 0 spiro atoms. The molecule has 7 nitrogen and oxygen atoms in total. The van der Waals surface area contributed by atoms with Crippen LogP contribution in [0.2, 0.25) is 0 Å². The Kier molecular flexibility index (Phi) is 6.50. The number of aromatic hydroxyl groups is 1. The van der Waals surface area contributed by atoms with E-state index in [-0.39, 0.29) is 30.6 Å². The van der Waals surface area contributed by atoms with Gasteiger partial charge in [0, 0.05) is 46.4 Å². The van der Waals surface area contributed by atoms with Crippen molar-refractivity contribution in [3.63, 3.8) is 0 Å². The fourth-order valence-electron chi connectivity index (χ4n) is 4.40. The third-order valence-corrected chi connectivity index (χ3v) is 8.00. The van der Waals surface area contributed by atoms with Crippen LogP contribution in [-0.4, -0.2) is 36.4 Å². The number of rotatable bonds is 8. The van der Waals surface area contributed by atoms with E-state index in [9.17, 15) is 18.5 Å². The number of fused-ring (bicyclic) bond motifs is 1. The molecule has 1 aliphatic carbocycles. The van der Waals surface area contributed by atoms with Crippen molar-refractivity contribution in [1.82, 2.24) is 14.5 Å². The first-order valence-corrected chi connectivity index (χ1v) is 13.4. The fraction of sp³-hybridized carbons (Fsp3) is 0.280. The van der Waals surface area contributed by atoms with Gasteiger partial charge in [-0.15, -0.1) is 0 Å². The van der Waals surface area contributed by atoms with Gasteiger partial charge in [0.25, 0.3) is 0 Å². The smallest absolute Gasteiger partial charge is 0.340 e. The first-order valence-electron chi connectivity index (χ1n) is 11.3. The number of halogens is 2. The van der Waals surface area contributed by atoms with Crippen LogP contribution in [0.3, 0.4) is 0 Å². The van der Waals surface area contributed by atoms with Crippen molar-refractivity contribution in [2.24, 2.45) is 0 Å². The summed E-state index contributed by atoms with van der Waals surface area (Å²) in [7, 11) is -1.54. The average molecular weight is 560 g/mol. The number of aromatic amines is 1. The minimum absolute atomic E-state index is 0.0126. The Labute approximate surface area is 211 Å². The lowest BCUT2D eigenvalue weighted by Gasteiger charge is -2.12. The van der Waals surface area contributed by atoms with Gasteiger partial charge in [0.2, 0.25) is 0 Å². The normalized spacial score (nSPS) is 14.4. The second kappa shape index (κ2) is 9.58. The molecule has 10 heteroatoms. The van der Waals surface area contributed by atoms with Crippen molar-refractivity contribution >= 4 is 43.6 Å². The van der Waals surface area contributed by atoms with E-state index in [4.69, 9.17) is 4.74 Å². The van der Waals surface area contributed by atoms with Crippen LogP contribution in [0.25, 0.3) is 10.9 Å². The average Bonchev–Trinajstić information content (AvgIpc) is 3.43. The van der Waals surface area contributed by atoms with Crippen LogP contribution in [0, 0.1) is 5.82 Å². The third-order valence-electron chi connectivity index (χ3n) is 6.06. The molecule has 5 rings (SSSR count). The largest absolute Gasteiger partial charge is 0.506 e. The quantitative estimate of drug-likeness (QED) is 0.282. The first-order chi connectivity index (χ1) is 16.9. The second-order valence-corrected chi connectivity index (χ2v) is 10.7. The standard InChI is InChI=1S/C25H23BrFN3O4S/c1-2-34-25(32)23-20(13-35(33)16-7-3-14(27)4-8-16)30(15-5-6-15)19-12-18(26)24(31)17(22(19)23)11-21-28-9-10-29-21/h3-4,7-10,12,15,31H,2,5-6,11,13H2,1H3,(H,28,29). The first kappa shape index (κ1) is 23.7. The molecule has 1 aliphatic rings. The number of carbonyl (C=O) groups excluding carboxylic acids is 1.